The van der Waals surface area contributed by atoms with Crippen LogP contribution < -0.4 is 0 Å². The van der Waals surface area contributed by atoms with Crippen molar-refractivity contribution in [2.75, 3.05) is 0 Å². The van der Waals surface area contributed by atoms with Gasteiger partial charge in [0.2, 0.25) is 0 Å². The van der Waals surface area contributed by atoms with Crippen LogP contribution in [0.1, 0.15) is 349 Å². The smallest absolute Gasteiger partial charge is 0.194 e. The number of hydrogen-bond acceptors (Lipinski definition) is 0. The molecular formula is C96H138N6W. The fourth-order valence-corrected chi connectivity index (χ4v) is 12.3. The number of aryl methyl sites for hydroxylation is 6. The number of benzene rings is 6. The standard InChI is InChI=1S/6C16H23N.W/c6*1-11-9-12(15(2,3)4)14(17-8)13(10-11)16(5,6)7;/h6*9-10H,1-7H3;. The van der Waals surface area contributed by atoms with E-state index in [1.54, 1.807) is 0 Å². The van der Waals surface area contributed by atoms with Crippen molar-refractivity contribution >= 4 is 34.1 Å². The quantitative estimate of drug-likeness (QED) is 0.136. The van der Waals surface area contributed by atoms with Gasteiger partial charge < -0.3 is 0 Å². The summed E-state index contributed by atoms with van der Waals surface area (Å²) < 4.78 is 0. The van der Waals surface area contributed by atoms with E-state index in [4.69, 9.17) is 39.4 Å². The van der Waals surface area contributed by atoms with Crippen molar-refractivity contribution in [3.05, 3.63) is 241 Å². The molecule has 0 unspecified atom stereocenters. The van der Waals surface area contributed by atoms with Gasteiger partial charge in [0.05, 0.1) is 39.4 Å². The molecule has 0 spiro atoms. The molecule has 0 aliphatic heterocycles. The molecule has 6 rings (SSSR count). The minimum absolute atomic E-state index is 0. The molecule has 0 bridgehead atoms. The molecule has 0 aliphatic carbocycles. The molecule has 103 heavy (non-hydrogen) atoms. The third kappa shape index (κ3) is 27.4. The zero-order valence-corrected chi connectivity index (χ0v) is 76.0. The Hall–Kier alpha value is -7.05. The van der Waals surface area contributed by atoms with Crippen LogP contribution in [0.2, 0.25) is 0 Å². The maximum absolute atomic E-state index is 7.48. The first-order valence-corrected chi connectivity index (χ1v) is 36.6. The van der Waals surface area contributed by atoms with Gasteiger partial charge in [-0.15, -0.1) is 0 Å². The molecule has 0 atom stereocenters. The molecule has 6 nitrogen and oxygen atoms in total. The van der Waals surface area contributed by atoms with E-state index in [0.29, 0.717) is 0 Å². The van der Waals surface area contributed by atoms with Gasteiger partial charge >= 0.3 is 0 Å². The van der Waals surface area contributed by atoms with Crippen LogP contribution in [0.25, 0.3) is 29.1 Å². The Kier molecular flexibility index (Phi) is 32.5. The van der Waals surface area contributed by atoms with E-state index in [1.807, 2.05) is 0 Å². The zero-order chi connectivity index (χ0) is 80.6. The van der Waals surface area contributed by atoms with Crippen LogP contribution in [0, 0.1) is 81.0 Å². The third-order valence-electron chi connectivity index (χ3n) is 17.9. The number of rotatable bonds is 0. The summed E-state index contributed by atoms with van der Waals surface area (Å²) in [7, 11) is 0. The molecule has 6 aromatic carbocycles. The summed E-state index contributed by atoms with van der Waals surface area (Å²) in [6.45, 7) is 136. The Morgan fingerprint density at radius 3 is 0.252 bits per heavy atom. The average molecular weight is 1560 g/mol. The van der Waals surface area contributed by atoms with E-state index in [2.05, 4.69) is 393 Å². The van der Waals surface area contributed by atoms with E-state index in [9.17, 15) is 0 Å². The summed E-state index contributed by atoms with van der Waals surface area (Å²) >= 11 is 0. The second-order valence-corrected chi connectivity index (χ2v) is 40.9. The second kappa shape index (κ2) is 34.9. The molecule has 0 saturated heterocycles. The summed E-state index contributed by atoms with van der Waals surface area (Å²) in [6, 6.07) is 25.9. The summed E-state index contributed by atoms with van der Waals surface area (Å²) in [5.41, 5.74) is 26.7. The molecule has 7 heteroatoms. The Morgan fingerprint density at radius 2 is 0.214 bits per heavy atom. The first kappa shape index (κ1) is 95.9. The van der Waals surface area contributed by atoms with Gasteiger partial charge in [0.1, 0.15) is 0 Å². The van der Waals surface area contributed by atoms with Crippen molar-refractivity contribution < 1.29 is 21.1 Å². The molecular weight excluding hydrogens is 1420 g/mol. The van der Waals surface area contributed by atoms with Crippen LogP contribution in [-0.4, -0.2) is 0 Å². The van der Waals surface area contributed by atoms with Gasteiger partial charge in [0, 0.05) is 21.1 Å². The molecule has 0 saturated carbocycles. The van der Waals surface area contributed by atoms with E-state index in [-0.39, 0.29) is 86.0 Å². The van der Waals surface area contributed by atoms with Gasteiger partial charge in [-0.1, -0.05) is 355 Å². The fraction of sp³-hybridized carbons (Fsp3) is 0.562. The van der Waals surface area contributed by atoms with Gasteiger partial charge in [-0.3, -0.25) is 0 Å². The SMILES string of the molecule is [C-]#[N+]c1c(C(C)(C)C)cc(C)cc1C(C)(C)C.[C-]#[N+]c1c(C(C)(C)C)cc(C)cc1C(C)(C)C.[C-]#[N+]c1c(C(C)(C)C)cc(C)cc1C(C)(C)C.[C-]#[N+]c1c(C(C)(C)C)cc(C)cc1C(C)(C)C.[C-]#[N+]c1c(C(C)(C)C)cc(C)cc1C(C)(C)C.[C-]#[N+]c1c(C(C)(C)C)cc(C)cc1C(C)(C)C.[W]. The number of nitrogens with zero attached hydrogens (tertiary/aromatic N) is 6. The second-order valence-electron chi connectivity index (χ2n) is 40.9. The molecule has 6 aromatic rings. The Morgan fingerprint density at radius 1 is 0.155 bits per heavy atom. The Balaban J connectivity index is 0.00000121. The fourth-order valence-electron chi connectivity index (χ4n) is 12.3. The molecule has 0 aromatic heterocycles. The predicted octanol–water partition coefficient (Wildman–Crippen LogP) is 30.8. The van der Waals surface area contributed by atoms with Crippen LogP contribution >= 0.6 is 0 Å². The van der Waals surface area contributed by atoms with Crippen LogP contribution in [0.4, 0.5) is 34.1 Å². The summed E-state index contributed by atoms with van der Waals surface area (Å²) in [5, 5.41) is 0. The summed E-state index contributed by atoms with van der Waals surface area (Å²) in [5.74, 6) is 0. The largest absolute Gasteiger partial charge is 0.238 e. The molecule has 0 radical (unpaired) electrons. The van der Waals surface area contributed by atoms with Gasteiger partial charge in [-0.25, -0.2) is 29.1 Å². The third-order valence-corrected chi connectivity index (χ3v) is 17.9. The van der Waals surface area contributed by atoms with Crippen molar-refractivity contribution in [2.45, 2.75) is 356 Å². The summed E-state index contributed by atoms with van der Waals surface area (Å²) in [6.07, 6.45) is 0. The van der Waals surface area contributed by atoms with Crippen LogP contribution in [0.5, 0.6) is 0 Å². The Labute approximate surface area is 648 Å². The molecule has 0 heterocycles. The topological polar surface area (TPSA) is 26.2 Å². The normalized spacial score (nSPS) is 12.2. The maximum Gasteiger partial charge on any atom is 0.194 e. The first-order chi connectivity index (χ1) is 45.4. The number of hydrogen-bond donors (Lipinski definition) is 0. The van der Waals surface area contributed by atoms with Crippen LogP contribution in [-0.2, 0) is 86.0 Å². The van der Waals surface area contributed by atoms with Crippen molar-refractivity contribution in [1.29, 1.82) is 0 Å². The predicted molar refractivity (Wildman–Crippen MR) is 449 cm³/mol. The molecule has 0 N–H and O–H groups in total. The van der Waals surface area contributed by atoms with Crippen LogP contribution in [0.3, 0.4) is 0 Å². The molecule has 0 fully saturated rings. The van der Waals surface area contributed by atoms with Gasteiger partial charge in [-0.2, -0.15) is 0 Å². The average Bonchev–Trinajstić information content (AvgIpc) is 0.824. The Bertz CT molecular complexity index is 3280. The van der Waals surface area contributed by atoms with E-state index >= 15 is 0 Å². The minimum Gasteiger partial charge on any atom is -0.238 e. The monoisotopic (exact) mass is 1560 g/mol. The summed E-state index contributed by atoms with van der Waals surface area (Å²) in [4.78, 5) is 22.8. The van der Waals surface area contributed by atoms with Crippen LogP contribution in [0.15, 0.2) is 72.8 Å². The van der Waals surface area contributed by atoms with E-state index in [1.165, 1.54) is 33.4 Å². The van der Waals surface area contributed by atoms with Gasteiger partial charge in [0.15, 0.2) is 34.1 Å². The zero-order valence-electron chi connectivity index (χ0n) is 73.0. The van der Waals surface area contributed by atoms with E-state index in [0.717, 1.165) is 101 Å². The molecule has 0 amide bonds. The van der Waals surface area contributed by atoms with Crippen molar-refractivity contribution in [3.8, 4) is 0 Å². The minimum atomic E-state index is 0. The van der Waals surface area contributed by atoms with E-state index < -0.39 is 0 Å². The van der Waals surface area contributed by atoms with Crippen molar-refractivity contribution in [1.82, 2.24) is 0 Å². The molecule has 0 aliphatic rings. The maximum atomic E-state index is 7.48. The van der Waals surface area contributed by atoms with Gasteiger partial charge in [-0.05, 0) is 173 Å². The van der Waals surface area contributed by atoms with Crippen molar-refractivity contribution in [2.24, 2.45) is 0 Å². The van der Waals surface area contributed by atoms with Crippen molar-refractivity contribution in [3.63, 3.8) is 0 Å². The first-order valence-electron chi connectivity index (χ1n) is 36.6. The van der Waals surface area contributed by atoms with Gasteiger partial charge in [0.25, 0.3) is 0 Å². The molecule has 558 valence electrons.